The Kier molecular flexibility index (Phi) is 10.8. The normalized spacial score (nSPS) is 19.9. The van der Waals surface area contributed by atoms with Gasteiger partial charge in [0, 0.05) is 24.4 Å². The van der Waals surface area contributed by atoms with E-state index in [9.17, 15) is 14.4 Å². The van der Waals surface area contributed by atoms with Gasteiger partial charge in [0.05, 0.1) is 18.8 Å². The van der Waals surface area contributed by atoms with E-state index in [1.54, 1.807) is 29.2 Å². The van der Waals surface area contributed by atoms with Crippen LogP contribution in [0.1, 0.15) is 61.2 Å². The number of nitrogens with zero attached hydrogens (tertiary/aromatic N) is 2. The molecular weight excluding hydrogens is 570 g/mol. The number of aromatic nitrogens is 1. The number of hydrogen-bond acceptors (Lipinski definition) is 8. The van der Waals surface area contributed by atoms with Crippen LogP contribution in [0.15, 0.2) is 52.9 Å². The van der Waals surface area contributed by atoms with Crippen LogP contribution in [0, 0.1) is 5.92 Å². The van der Waals surface area contributed by atoms with Gasteiger partial charge in [0.25, 0.3) is 5.89 Å². The van der Waals surface area contributed by atoms with E-state index in [0.29, 0.717) is 67.9 Å². The Morgan fingerprint density at radius 3 is 2.63 bits per heavy atom. The molecule has 2 aliphatic rings. The fraction of sp³-hybridized carbons (Fsp3) is 0.500. The average molecular weight is 610 g/mol. The minimum Gasteiger partial charge on any atom is -0.434 e. The molecule has 3 aromatic rings. The minimum atomic E-state index is -0.859. The maximum Gasteiger partial charge on any atom is 0.266 e. The van der Waals surface area contributed by atoms with E-state index in [1.807, 2.05) is 24.3 Å². The van der Waals surface area contributed by atoms with Crippen molar-refractivity contribution in [2.24, 2.45) is 11.7 Å². The van der Waals surface area contributed by atoms with Crippen LogP contribution in [-0.2, 0) is 20.9 Å². The molecule has 0 bridgehead atoms. The number of fused-ring (bicyclic) bond motifs is 1. The summed E-state index contributed by atoms with van der Waals surface area (Å²) in [5.74, 6) is -0.610. The molecule has 1 aromatic heterocycles. The fourth-order valence-corrected chi connectivity index (χ4v) is 5.97. The van der Waals surface area contributed by atoms with Crippen molar-refractivity contribution in [3.05, 3.63) is 65.0 Å². The van der Waals surface area contributed by atoms with Gasteiger partial charge in [-0.25, -0.2) is 4.98 Å². The van der Waals surface area contributed by atoms with Gasteiger partial charge in [-0.1, -0.05) is 35.9 Å². The molecule has 3 heterocycles. The summed E-state index contributed by atoms with van der Waals surface area (Å²) in [7, 11) is 0. The van der Waals surface area contributed by atoms with Gasteiger partial charge in [-0.05, 0) is 87.5 Å². The summed E-state index contributed by atoms with van der Waals surface area (Å²) in [6.45, 7) is 2.90. The van der Waals surface area contributed by atoms with Crippen molar-refractivity contribution in [3.8, 4) is 0 Å². The highest BCUT2D eigenvalue weighted by molar-refractivity contribution is 6.30. The summed E-state index contributed by atoms with van der Waals surface area (Å²) >= 11 is 6.02. The molecular formula is C32H40ClN5O5. The second kappa shape index (κ2) is 14.9. The number of nitrogens with one attached hydrogen (secondary N) is 2. The number of rotatable bonds is 13. The number of ketones is 1. The minimum absolute atomic E-state index is 0.0475. The highest BCUT2D eigenvalue weighted by Gasteiger charge is 2.42. The van der Waals surface area contributed by atoms with Crippen LogP contribution in [-0.4, -0.2) is 71.8 Å². The molecule has 0 radical (unpaired) electrons. The van der Waals surface area contributed by atoms with Crippen molar-refractivity contribution in [3.63, 3.8) is 0 Å². The van der Waals surface area contributed by atoms with E-state index >= 15 is 0 Å². The van der Waals surface area contributed by atoms with Crippen LogP contribution >= 0.6 is 11.6 Å². The number of hydrogen-bond donors (Lipinski definition) is 3. The number of nitrogens with two attached hydrogens (primary N) is 1. The zero-order valence-corrected chi connectivity index (χ0v) is 25.1. The zero-order valence-electron chi connectivity index (χ0n) is 24.3. The number of Topliss-reactive ketones (excluding diaryl/α,β-unsaturated/α-hetero) is 1. The summed E-state index contributed by atoms with van der Waals surface area (Å²) in [5, 5.41) is 6.92. The number of para-hydroxylation sites is 2. The maximum absolute atomic E-state index is 13.8. The first-order valence-electron chi connectivity index (χ1n) is 15.2. The SMILES string of the molecule is NCCCC[C@H](NC(=O)[C@@H]1C[C@@H](OCc2ccc(Cl)cc2)CN1C(=O)CC1CCNCC1)C(=O)c1nc2ccccc2o1. The molecule has 43 heavy (non-hydrogen) atoms. The topological polar surface area (TPSA) is 140 Å². The molecule has 0 unspecified atom stereocenters. The highest BCUT2D eigenvalue weighted by atomic mass is 35.5. The van der Waals surface area contributed by atoms with Crippen molar-refractivity contribution < 1.29 is 23.5 Å². The molecule has 2 aliphatic heterocycles. The number of ether oxygens (including phenoxy) is 1. The lowest BCUT2D eigenvalue weighted by Crippen LogP contribution is -2.51. The Bertz CT molecular complexity index is 1360. The van der Waals surface area contributed by atoms with Gasteiger partial charge in [0.15, 0.2) is 5.58 Å². The Labute approximate surface area is 256 Å². The fourth-order valence-electron chi connectivity index (χ4n) is 5.84. The van der Waals surface area contributed by atoms with Crippen molar-refractivity contribution in [1.29, 1.82) is 0 Å². The molecule has 230 valence electrons. The van der Waals surface area contributed by atoms with E-state index in [1.165, 1.54) is 0 Å². The Morgan fingerprint density at radius 1 is 1.12 bits per heavy atom. The molecule has 11 heteroatoms. The van der Waals surface area contributed by atoms with E-state index in [0.717, 1.165) is 31.5 Å². The first kappa shape index (κ1) is 31.1. The third-order valence-electron chi connectivity index (χ3n) is 8.29. The van der Waals surface area contributed by atoms with Gasteiger partial charge >= 0.3 is 0 Å². The van der Waals surface area contributed by atoms with Gasteiger partial charge in [-0.3, -0.25) is 14.4 Å². The maximum atomic E-state index is 13.8. The number of piperidine rings is 1. The standard InChI is InChI=1S/C32H40ClN5O5/c33-23-10-8-22(9-11-23)20-42-24-18-27(38(19-24)29(39)17-21-12-15-35-16-13-21)31(41)36-26(6-3-4-14-34)30(40)32-37-25-5-1-2-7-28(25)43-32/h1-2,5,7-11,21,24,26-27,35H,3-4,6,12-20,34H2,(H,36,41)/t24-,26+,27+/m1/s1. The number of unbranched alkanes of at least 4 members (excludes halogenated alkanes) is 1. The largest absolute Gasteiger partial charge is 0.434 e. The van der Waals surface area contributed by atoms with Crippen LogP contribution in [0.3, 0.4) is 0 Å². The number of carbonyl (C=O) groups is 3. The van der Waals surface area contributed by atoms with Gasteiger partial charge in [0.1, 0.15) is 11.6 Å². The number of carbonyl (C=O) groups excluding carboxylic acids is 3. The Morgan fingerprint density at radius 2 is 1.88 bits per heavy atom. The Hall–Kier alpha value is -3.31. The second-order valence-corrected chi connectivity index (χ2v) is 11.9. The average Bonchev–Trinajstić information content (AvgIpc) is 3.66. The number of oxazole rings is 1. The molecule has 0 spiro atoms. The lowest BCUT2D eigenvalue weighted by molar-refractivity contribution is -0.139. The second-order valence-electron chi connectivity index (χ2n) is 11.5. The molecule has 2 amide bonds. The summed E-state index contributed by atoms with van der Waals surface area (Å²) in [6.07, 6.45) is 3.98. The van der Waals surface area contributed by atoms with Crippen molar-refractivity contribution in [2.75, 3.05) is 26.2 Å². The van der Waals surface area contributed by atoms with E-state index in [-0.39, 0.29) is 29.7 Å². The van der Waals surface area contributed by atoms with Crippen LogP contribution < -0.4 is 16.4 Å². The van der Waals surface area contributed by atoms with E-state index in [4.69, 9.17) is 26.5 Å². The summed E-state index contributed by atoms with van der Waals surface area (Å²) in [6, 6.07) is 12.9. The third-order valence-corrected chi connectivity index (χ3v) is 8.54. The molecule has 5 rings (SSSR count). The lowest BCUT2D eigenvalue weighted by Gasteiger charge is -2.28. The number of benzene rings is 2. The summed E-state index contributed by atoms with van der Waals surface area (Å²) < 4.78 is 11.9. The summed E-state index contributed by atoms with van der Waals surface area (Å²) in [4.78, 5) is 47.0. The molecule has 4 N–H and O–H groups in total. The van der Waals surface area contributed by atoms with Crippen molar-refractivity contribution in [1.82, 2.24) is 20.5 Å². The third kappa shape index (κ3) is 8.20. The first-order valence-corrected chi connectivity index (χ1v) is 15.6. The quantitative estimate of drug-likeness (QED) is 0.196. The van der Waals surface area contributed by atoms with Crippen LogP contribution in [0.2, 0.25) is 5.02 Å². The molecule has 2 fully saturated rings. The van der Waals surface area contributed by atoms with Crippen LogP contribution in [0.4, 0.5) is 0 Å². The lowest BCUT2D eigenvalue weighted by atomic mass is 9.94. The van der Waals surface area contributed by atoms with Crippen molar-refractivity contribution in [2.45, 2.75) is 69.7 Å². The highest BCUT2D eigenvalue weighted by Crippen LogP contribution is 2.27. The van der Waals surface area contributed by atoms with Crippen LogP contribution in [0.25, 0.3) is 11.1 Å². The number of likely N-dealkylation sites (tertiary alicyclic amines) is 1. The number of halogens is 1. The molecule has 10 nitrogen and oxygen atoms in total. The van der Waals surface area contributed by atoms with Gasteiger partial charge in [0.2, 0.25) is 17.6 Å². The van der Waals surface area contributed by atoms with Crippen molar-refractivity contribution >= 4 is 40.3 Å². The molecule has 0 aliphatic carbocycles. The van der Waals surface area contributed by atoms with E-state index in [2.05, 4.69) is 15.6 Å². The Balaban J connectivity index is 1.31. The van der Waals surface area contributed by atoms with Gasteiger partial charge < -0.3 is 30.4 Å². The number of amides is 2. The predicted molar refractivity (Wildman–Crippen MR) is 164 cm³/mol. The van der Waals surface area contributed by atoms with E-state index < -0.39 is 17.9 Å². The van der Waals surface area contributed by atoms with Crippen LogP contribution in [0.5, 0.6) is 0 Å². The molecule has 2 aromatic carbocycles. The first-order chi connectivity index (χ1) is 20.9. The molecule has 2 saturated heterocycles. The zero-order chi connectivity index (χ0) is 30.2. The van der Waals surface area contributed by atoms with Gasteiger partial charge in [-0.2, -0.15) is 0 Å². The molecule has 3 atom stereocenters. The smallest absolute Gasteiger partial charge is 0.266 e. The summed E-state index contributed by atoms with van der Waals surface area (Å²) in [5.41, 5.74) is 7.73. The molecule has 0 saturated carbocycles. The van der Waals surface area contributed by atoms with Gasteiger partial charge in [-0.15, -0.1) is 0 Å². The predicted octanol–water partition coefficient (Wildman–Crippen LogP) is 3.85. The monoisotopic (exact) mass is 609 g/mol.